The summed E-state index contributed by atoms with van der Waals surface area (Å²) in [5.74, 6) is -0.541. The standard InChI is InChI=1S/C27H49N3O4/c1-10-14-21(8)30-16-13-12-15-22(30)25(31)28-24(19(5)6)26(32)29(9)23(18(3)4)17-20(7)27(33)34-11-2/h17-19,21-24H,10-16H2,1-9H3,(H,28,31)/b20-17+/t21?,22?,23-,24+/m1/s1. The van der Waals surface area contributed by atoms with Gasteiger partial charge in [0, 0.05) is 18.7 Å². The van der Waals surface area contributed by atoms with E-state index in [9.17, 15) is 14.4 Å². The maximum atomic E-state index is 13.6. The fourth-order valence-electron chi connectivity index (χ4n) is 4.80. The average molecular weight is 480 g/mol. The van der Waals surface area contributed by atoms with Crippen molar-refractivity contribution >= 4 is 17.8 Å². The largest absolute Gasteiger partial charge is 0.463 e. The number of likely N-dealkylation sites (N-methyl/N-ethyl adjacent to an activating group) is 1. The van der Waals surface area contributed by atoms with E-state index in [2.05, 4.69) is 24.1 Å². The first-order valence-electron chi connectivity index (χ1n) is 13.1. The molecule has 1 saturated heterocycles. The molecule has 2 amide bonds. The highest BCUT2D eigenvalue weighted by Crippen LogP contribution is 2.23. The van der Waals surface area contributed by atoms with E-state index >= 15 is 0 Å². The molecule has 0 spiro atoms. The summed E-state index contributed by atoms with van der Waals surface area (Å²) in [5.41, 5.74) is 0.480. The molecule has 0 aliphatic carbocycles. The van der Waals surface area contributed by atoms with Crippen molar-refractivity contribution in [1.29, 1.82) is 0 Å². The Morgan fingerprint density at radius 2 is 1.74 bits per heavy atom. The summed E-state index contributed by atoms with van der Waals surface area (Å²) in [7, 11) is 1.75. The van der Waals surface area contributed by atoms with Crippen LogP contribution in [0, 0.1) is 11.8 Å². The lowest BCUT2D eigenvalue weighted by Gasteiger charge is -2.40. The highest BCUT2D eigenvalue weighted by Gasteiger charge is 2.36. The summed E-state index contributed by atoms with van der Waals surface area (Å²) < 4.78 is 5.10. The molecule has 0 aromatic heterocycles. The Kier molecular flexibility index (Phi) is 12.9. The highest BCUT2D eigenvalue weighted by molar-refractivity contribution is 5.91. The minimum Gasteiger partial charge on any atom is -0.463 e. The summed E-state index contributed by atoms with van der Waals surface area (Å²) >= 11 is 0. The molecule has 7 nitrogen and oxygen atoms in total. The number of hydrogen-bond donors (Lipinski definition) is 1. The lowest BCUT2D eigenvalue weighted by Crippen LogP contribution is -2.59. The minimum atomic E-state index is -0.625. The zero-order chi connectivity index (χ0) is 26.0. The molecule has 0 saturated carbocycles. The van der Waals surface area contributed by atoms with E-state index in [1.807, 2.05) is 27.7 Å². The molecule has 2 unspecified atom stereocenters. The Labute approximate surface area is 207 Å². The number of carbonyl (C=O) groups excluding carboxylic acids is 3. The highest BCUT2D eigenvalue weighted by atomic mass is 16.5. The van der Waals surface area contributed by atoms with Gasteiger partial charge in [0.25, 0.3) is 0 Å². The van der Waals surface area contributed by atoms with Crippen molar-refractivity contribution in [3.8, 4) is 0 Å². The van der Waals surface area contributed by atoms with E-state index in [0.717, 1.165) is 38.6 Å². The number of nitrogens with one attached hydrogen (secondary N) is 1. The average Bonchev–Trinajstić information content (AvgIpc) is 2.79. The molecule has 34 heavy (non-hydrogen) atoms. The lowest BCUT2D eigenvalue weighted by atomic mass is 9.95. The Morgan fingerprint density at radius 1 is 1.09 bits per heavy atom. The molecule has 1 N–H and O–H groups in total. The minimum absolute atomic E-state index is 0.0533. The molecule has 0 aromatic carbocycles. The zero-order valence-corrected chi connectivity index (χ0v) is 23.0. The van der Waals surface area contributed by atoms with E-state index < -0.39 is 6.04 Å². The summed E-state index contributed by atoms with van der Waals surface area (Å²) in [6, 6.07) is -0.758. The van der Waals surface area contributed by atoms with Crippen molar-refractivity contribution in [1.82, 2.24) is 15.1 Å². The SMILES string of the molecule is CCCC(C)N1CCCCC1C(=O)N[C@H](C(=O)N(C)[C@H](/C=C(\C)C(=O)OCC)C(C)C)C(C)C. The molecule has 1 aliphatic heterocycles. The molecule has 0 aromatic rings. The number of amides is 2. The van der Waals surface area contributed by atoms with Gasteiger partial charge in [0.15, 0.2) is 0 Å². The number of carbonyl (C=O) groups is 3. The first kappa shape index (κ1) is 30.1. The number of rotatable bonds is 12. The maximum Gasteiger partial charge on any atom is 0.333 e. The lowest BCUT2D eigenvalue weighted by molar-refractivity contribution is -0.140. The van der Waals surface area contributed by atoms with Gasteiger partial charge in [0.2, 0.25) is 11.8 Å². The number of piperidine rings is 1. The van der Waals surface area contributed by atoms with Gasteiger partial charge in [-0.15, -0.1) is 0 Å². The van der Waals surface area contributed by atoms with E-state index in [0.29, 0.717) is 18.2 Å². The van der Waals surface area contributed by atoms with Gasteiger partial charge >= 0.3 is 5.97 Å². The van der Waals surface area contributed by atoms with Crippen LogP contribution < -0.4 is 5.32 Å². The van der Waals surface area contributed by atoms with Crippen LogP contribution in [0.1, 0.15) is 87.5 Å². The summed E-state index contributed by atoms with van der Waals surface area (Å²) in [4.78, 5) is 43.1. The van der Waals surface area contributed by atoms with Crippen molar-refractivity contribution in [2.45, 2.75) is 112 Å². The number of nitrogens with zero attached hydrogens (tertiary/aromatic N) is 2. The third-order valence-corrected chi connectivity index (χ3v) is 6.85. The Bertz CT molecular complexity index is 704. The van der Waals surface area contributed by atoms with Gasteiger partial charge in [-0.05, 0) is 58.4 Å². The van der Waals surface area contributed by atoms with Crippen LogP contribution in [0.5, 0.6) is 0 Å². The van der Waals surface area contributed by atoms with Crippen molar-refractivity contribution in [2.75, 3.05) is 20.2 Å². The number of esters is 1. The predicted molar refractivity (Wildman–Crippen MR) is 137 cm³/mol. The second-order valence-corrected chi connectivity index (χ2v) is 10.4. The van der Waals surface area contributed by atoms with Crippen LogP contribution in [0.15, 0.2) is 11.6 Å². The summed E-state index contributed by atoms with van der Waals surface area (Å²) in [6.07, 6.45) is 6.90. The van der Waals surface area contributed by atoms with Crippen LogP contribution in [-0.4, -0.2) is 72.0 Å². The summed E-state index contributed by atoms with van der Waals surface area (Å²) in [6.45, 7) is 17.0. The fraction of sp³-hybridized carbons (Fsp3) is 0.815. The molecule has 1 fully saturated rings. The monoisotopic (exact) mass is 479 g/mol. The van der Waals surface area contributed by atoms with Crippen LogP contribution in [0.3, 0.4) is 0 Å². The first-order chi connectivity index (χ1) is 16.0. The molecule has 1 rings (SSSR count). The Balaban J connectivity index is 3.07. The molecule has 4 atom stereocenters. The number of hydrogen-bond acceptors (Lipinski definition) is 5. The van der Waals surface area contributed by atoms with Crippen LogP contribution in [0.2, 0.25) is 0 Å². The van der Waals surface area contributed by atoms with Crippen LogP contribution >= 0.6 is 0 Å². The van der Waals surface area contributed by atoms with Gasteiger partial charge in [-0.25, -0.2) is 4.79 Å². The van der Waals surface area contributed by atoms with Crippen LogP contribution in [0.4, 0.5) is 0 Å². The van der Waals surface area contributed by atoms with E-state index in [1.165, 1.54) is 0 Å². The van der Waals surface area contributed by atoms with Gasteiger partial charge in [0.1, 0.15) is 6.04 Å². The van der Waals surface area contributed by atoms with Crippen molar-refractivity contribution < 1.29 is 19.1 Å². The van der Waals surface area contributed by atoms with E-state index in [-0.39, 0.29) is 41.7 Å². The van der Waals surface area contributed by atoms with E-state index in [4.69, 9.17) is 4.74 Å². The molecular formula is C27H49N3O4. The zero-order valence-electron chi connectivity index (χ0n) is 23.0. The molecule has 1 aliphatic rings. The van der Waals surface area contributed by atoms with Crippen LogP contribution in [0.25, 0.3) is 0 Å². The normalized spacial score (nSPS) is 20.1. The smallest absolute Gasteiger partial charge is 0.333 e. The predicted octanol–water partition coefficient (Wildman–Crippen LogP) is 4.16. The molecule has 7 heteroatoms. The quantitative estimate of drug-likeness (QED) is 0.336. The van der Waals surface area contributed by atoms with Crippen molar-refractivity contribution in [3.05, 3.63) is 11.6 Å². The second kappa shape index (κ2) is 14.5. The van der Waals surface area contributed by atoms with Crippen molar-refractivity contribution in [2.24, 2.45) is 11.8 Å². The molecule has 0 radical (unpaired) electrons. The topological polar surface area (TPSA) is 79.0 Å². The van der Waals surface area contributed by atoms with Crippen LogP contribution in [-0.2, 0) is 19.1 Å². The first-order valence-corrected chi connectivity index (χ1v) is 13.1. The van der Waals surface area contributed by atoms with Gasteiger partial charge in [0.05, 0.1) is 18.7 Å². The number of ether oxygens (including phenoxy) is 1. The maximum absolute atomic E-state index is 13.6. The third kappa shape index (κ3) is 8.40. The Hall–Kier alpha value is -1.89. The van der Waals surface area contributed by atoms with Gasteiger partial charge in [-0.2, -0.15) is 0 Å². The van der Waals surface area contributed by atoms with Gasteiger partial charge in [-0.1, -0.05) is 53.5 Å². The third-order valence-electron chi connectivity index (χ3n) is 6.85. The molecule has 0 bridgehead atoms. The number of likely N-dealkylation sites (tertiary alicyclic amines) is 1. The molecule has 196 valence electrons. The fourth-order valence-corrected chi connectivity index (χ4v) is 4.80. The van der Waals surface area contributed by atoms with Gasteiger partial charge in [-0.3, -0.25) is 14.5 Å². The summed E-state index contributed by atoms with van der Waals surface area (Å²) in [5, 5.41) is 3.10. The second-order valence-electron chi connectivity index (χ2n) is 10.4. The Morgan fingerprint density at radius 3 is 2.26 bits per heavy atom. The van der Waals surface area contributed by atoms with Crippen molar-refractivity contribution in [3.63, 3.8) is 0 Å². The van der Waals surface area contributed by atoms with E-state index in [1.54, 1.807) is 31.9 Å². The molecule has 1 heterocycles. The van der Waals surface area contributed by atoms with Gasteiger partial charge < -0.3 is 15.0 Å². The molecular weight excluding hydrogens is 430 g/mol.